The molecule has 0 unspecified atom stereocenters. The number of benzene rings is 1. The highest BCUT2D eigenvalue weighted by Crippen LogP contribution is 2.32. The van der Waals surface area contributed by atoms with Crippen molar-refractivity contribution in [3.05, 3.63) is 57.4 Å². The molecule has 3 aromatic heterocycles. The number of nitrogens with zero attached hydrogens (tertiary/aromatic N) is 6. The molecule has 1 aliphatic heterocycles. The number of aryl methyl sites for hydroxylation is 3. The van der Waals surface area contributed by atoms with Crippen molar-refractivity contribution in [2.24, 2.45) is 0 Å². The third-order valence-electron chi connectivity index (χ3n) is 5.51. The van der Waals surface area contributed by atoms with Crippen LogP contribution in [0.25, 0.3) is 17.0 Å². The SMILES string of the molecule is Cc1cc(C)n2nc(CC(=O)OCC(=O)N3CCc4cc(-c5csc(C)n5)ccc43)nc2n1. The van der Waals surface area contributed by atoms with Crippen LogP contribution in [0.1, 0.15) is 27.8 Å². The van der Waals surface area contributed by atoms with Gasteiger partial charge >= 0.3 is 5.97 Å². The highest BCUT2D eigenvalue weighted by molar-refractivity contribution is 7.09. The van der Waals surface area contributed by atoms with Crippen LogP contribution in [-0.2, 0) is 27.2 Å². The Bertz CT molecular complexity index is 1390. The number of anilines is 1. The van der Waals surface area contributed by atoms with E-state index in [0.29, 0.717) is 18.1 Å². The Morgan fingerprint density at radius 1 is 1.12 bits per heavy atom. The van der Waals surface area contributed by atoms with E-state index in [1.165, 1.54) is 0 Å². The summed E-state index contributed by atoms with van der Waals surface area (Å²) in [6, 6.07) is 7.87. The molecule has 1 amide bonds. The van der Waals surface area contributed by atoms with Gasteiger partial charge in [0, 0.05) is 34.6 Å². The molecule has 0 saturated carbocycles. The summed E-state index contributed by atoms with van der Waals surface area (Å²) < 4.78 is 6.82. The van der Waals surface area contributed by atoms with Crippen molar-refractivity contribution in [1.29, 1.82) is 0 Å². The smallest absolute Gasteiger partial charge is 0.314 e. The van der Waals surface area contributed by atoms with E-state index in [1.807, 2.05) is 44.4 Å². The van der Waals surface area contributed by atoms with Crippen LogP contribution in [0.5, 0.6) is 0 Å². The van der Waals surface area contributed by atoms with Crippen LogP contribution in [0.4, 0.5) is 5.69 Å². The topological polar surface area (TPSA) is 103 Å². The van der Waals surface area contributed by atoms with E-state index in [9.17, 15) is 9.59 Å². The van der Waals surface area contributed by atoms with E-state index in [0.717, 1.165) is 45.3 Å². The van der Waals surface area contributed by atoms with Crippen LogP contribution >= 0.6 is 11.3 Å². The third-order valence-corrected chi connectivity index (χ3v) is 6.29. The van der Waals surface area contributed by atoms with Gasteiger partial charge in [-0.3, -0.25) is 9.59 Å². The van der Waals surface area contributed by atoms with Crippen LogP contribution in [0, 0.1) is 20.8 Å². The Labute approximate surface area is 194 Å². The Morgan fingerprint density at radius 2 is 1.97 bits per heavy atom. The molecule has 168 valence electrons. The molecule has 4 aromatic rings. The maximum absolute atomic E-state index is 12.7. The maximum atomic E-state index is 12.7. The van der Waals surface area contributed by atoms with Gasteiger partial charge in [-0.15, -0.1) is 16.4 Å². The van der Waals surface area contributed by atoms with Gasteiger partial charge in [-0.1, -0.05) is 6.07 Å². The van der Waals surface area contributed by atoms with Gasteiger partial charge in [0.2, 0.25) is 0 Å². The van der Waals surface area contributed by atoms with Crippen molar-refractivity contribution >= 4 is 34.7 Å². The van der Waals surface area contributed by atoms with E-state index >= 15 is 0 Å². The summed E-state index contributed by atoms with van der Waals surface area (Å²) in [6.07, 6.45) is 0.630. The lowest BCUT2D eigenvalue weighted by molar-refractivity contribution is -0.147. The molecule has 0 bridgehead atoms. The van der Waals surface area contributed by atoms with Crippen LogP contribution in [0.2, 0.25) is 0 Å². The number of fused-ring (bicyclic) bond motifs is 2. The standard InChI is InChI=1S/C23H22N6O3S/c1-13-8-14(2)29-23(24-13)26-20(27-29)10-22(31)32-11-21(30)28-7-6-17-9-16(4-5-19(17)28)18-12-33-15(3)25-18/h4-5,8-9,12H,6-7,10-11H2,1-3H3. The van der Waals surface area contributed by atoms with Gasteiger partial charge in [0.1, 0.15) is 6.42 Å². The summed E-state index contributed by atoms with van der Waals surface area (Å²) in [6.45, 7) is 5.98. The van der Waals surface area contributed by atoms with Crippen LogP contribution in [0.15, 0.2) is 29.6 Å². The quantitative estimate of drug-likeness (QED) is 0.420. The monoisotopic (exact) mass is 462 g/mol. The summed E-state index contributed by atoms with van der Waals surface area (Å²) in [7, 11) is 0. The van der Waals surface area contributed by atoms with Gasteiger partial charge in [0.15, 0.2) is 12.4 Å². The van der Waals surface area contributed by atoms with Crippen molar-refractivity contribution in [1.82, 2.24) is 24.6 Å². The number of thiazole rings is 1. The molecule has 0 spiro atoms. The number of hydrogen-bond acceptors (Lipinski definition) is 8. The lowest BCUT2D eigenvalue weighted by atomic mass is 10.1. The van der Waals surface area contributed by atoms with Crippen molar-refractivity contribution in [3.63, 3.8) is 0 Å². The second-order valence-electron chi connectivity index (χ2n) is 8.01. The zero-order valence-electron chi connectivity index (χ0n) is 18.5. The average Bonchev–Trinajstić information content (AvgIpc) is 3.49. The van der Waals surface area contributed by atoms with E-state index in [-0.39, 0.29) is 18.9 Å². The van der Waals surface area contributed by atoms with E-state index in [2.05, 4.69) is 26.1 Å². The Hall–Kier alpha value is -3.66. The minimum atomic E-state index is -0.553. The van der Waals surface area contributed by atoms with Gasteiger partial charge in [-0.25, -0.2) is 14.5 Å². The van der Waals surface area contributed by atoms with Crippen molar-refractivity contribution in [3.8, 4) is 11.3 Å². The fourth-order valence-corrected chi connectivity index (χ4v) is 4.62. The third kappa shape index (κ3) is 4.21. The fourth-order valence-electron chi connectivity index (χ4n) is 4.00. The van der Waals surface area contributed by atoms with Crippen LogP contribution in [-0.4, -0.2) is 49.6 Å². The zero-order valence-corrected chi connectivity index (χ0v) is 19.3. The van der Waals surface area contributed by atoms with Gasteiger partial charge in [0.25, 0.3) is 11.7 Å². The number of carbonyl (C=O) groups is 2. The average molecular weight is 463 g/mol. The molecule has 1 aromatic carbocycles. The second kappa shape index (κ2) is 8.36. The summed E-state index contributed by atoms with van der Waals surface area (Å²) in [4.78, 5) is 39.8. The first-order valence-electron chi connectivity index (χ1n) is 10.6. The van der Waals surface area contributed by atoms with E-state index < -0.39 is 5.97 Å². The lowest BCUT2D eigenvalue weighted by Gasteiger charge is -2.17. The predicted octanol–water partition coefficient (Wildman–Crippen LogP) is 2.85. The number of aromatic nitrogens is 5. The summed E-state index contributed by atoms with van der Waals surface area (Å²) in [5.74, 6) is -0.0602. The molecule has 0 fully saturated rings. The van der Waals surface area contributed by atoms with Crippen molar-refractivity contribution in [2.45, 2.75) is 33.6 Å². The van der Waals surface area contributed by atoms with Gasteiger partial charge in [-0.2, -0.15) is 4.98 Å². The first-order chi connectivity index (χ1) is 15.9. The highest BCUT2D eigenvalue weighted by atomic mass is 32.1. The first-order valence-corrected chi connectivity index (χ1v) is 11.5. The Morgan fingerprint density at radius 3 is 2.76 bits per heavy atom. The summed E-state index contributed by atoms with van der Waals surface area (Å²) >= 11 is 1.61. The number of amides is 1. The predicted molar refractivity (Wildman–Crippen MR) is 123 cm³/mol. The summed E-state index contributed by atoms with van der Waals surface area (Å²) in [5.41, 5.74) is 5.63. The molecule has 0 radical (unpaired) electrons. The largest absolute Gasteiger partial charge is 0.455 e. The first kappa shape index (κ1) is 21.2. The van der Waals surface area contributed by atoms with E-state index in [4.69, 9.17) is 4.74 Å². The van der Waals surface area contributed by atoms with Crippen LogP contribution in [0.3, 0.4) is 0 Å². The van der Waals surface area contributed by atoms with Crippen molar-refractivity contribution in [2.75, 3.05) is 18.1 Å². The Balaban J connectivity index is 1.21. The summed E-state index contributed by atoms with van der Waals surface area (Å²) in [5, 5.41) is 7.36. The number of ether oxygens (including phenoxy) is 1. The number of carbonyl (C=O) groups excluding carboxylic acids is 2. The maximum Gasteiger partial charge on any atom is 0.314 e. The molecule has 10 heteroatoms. The number of rotatable bonds is 5. The zero-order chi connectivity index (χ0) is 23.1. The van der Waals surface area contributed by atoms with Gasteiger partial charge < -0.3 is 9.64 Å². The molecule has 0 saturated heterocycles. The van der Waals surface area contributed by atoms with E-state index in [1.54, 1.807) is 20.8 Å². The molecular formula is C23H22N6O3S. The molecule has 1 aliphatic rings. The molecular weight excluding hydrogens is 440 g/mol. The minimum Gasteiger partial charge on any atom is -0.455 e. The molecule has 33 heavy (non-hydrogen) atoms. The number of hydrogen-bond donors (Lipinski definition) is 0. The number of esters is 1. The van der Waals surface area contributed by atoms with Gasteiger partial charge in [0.05, 0.1) is 10.7 Å². The molecule has 5 rings (SSSR count). The highest BCUT2D eigenvalue weighted by Gasteiger charge is 2.26. The molecule has 0 N–H and O–H groups in total. The van der Waals surface area contributed by atoms with Crippen molar-refractivity contribution < 1.29 is 14.3 Å². The molecule has 0 atom stereocenters. The normalized spacial score (nSPS) is 12.9. The second-order valence-corrected chi connectivity index (χ2v) is 9.07. The lowest BCUT2D eigenvalue weighted by Crippen LogP contribution is -2.33. The van der Waals surface area contributed by atoms with Crippen LogP contribution < -0.4 is 4.90 Å². The molecule has 4 heterocycles. The Kier molecular flexibility index (Phi) is 5.37. The van der Waals surface area contributed by atoms with Gasteiger partial charge in [-0.05, 0) is 51.0 Å². The molecule has 0 aliphatic carbocycles. The fraction of sp³-hybridized carbons (Fsp3) is 0.304. The molecule has 9 nitrogen and oxygen atoms in total. The minimum absolute atomic E-state index is 0.123.